The molecule has 2 rings (SSSR count). The molecule has 1 aromatic rings. The minimum absolute atomic E-state index is 0.261. The number of ether oxygens (including phenoxy) is 2. The maximum Gasteiger partial charge on any atom is 0.411 e. The van der Waals surface area contributed by atoms with E-state index in [1.165, 1.54) is 4.90 Å². The number of rotatable bonds is 3. The van der Waals surface area contributed by atoms with Crippen LogP contribution >= 0.6 is 0 Å². The second kappa shape index (κ2) is 6.11. The van der Waals surface area contributed by atoms with Crippen molar-refractivity contribution in [1.29, 1.82) is 0 Å². The molecular formula is C15H20N2O4. The second-order valence-corrected chi connectivity index (χ2v) is 5.98. The molecule has 2 atom stereocenters. The summed E-state index contributed by atoms with van der Waals surface area (Å²) in [5.41, 5.74) is -0.593. The SMILES string of the molecule is CC(C)(C)OC(=O)N1C[C@@H](Oc2ccccn2)C[C@@H]1C=O. The highest BCUT2D eigenvalue weighted by Gasteiger charge is 2.38. The van der Waals surface area contributed by atoms with Crippen LogP contribution in [0.1, 0.15) is 27.2 Å². The second-order valence-electron chi connectivity index (χ2n) is 5.98. The van der Waals surface area contributed by atoms with Crippen molar-refractivity contribution in [3.05, 3.63) is 24.4 Å². The third kappa shape index (κ3) is 4.18. The van der Waals surface area contributed by atoms with E-state index in [4.69, 9.17) is 9.47 Å². The van der Waals surface area contributed by atoms with E-state index in [0.717, 1.165) is 6.29 Å². The molecule has 1 amide bonds. The highest BCUT2D eigenvalue weighted by Crippen LogP contribution is 2.23. The first-order valence-corrected chi connectivity index (χ1v) is 6.91. The highest BCUT2D eigenvalue weighted by molar-refractivity contribution is 5.74. The largest absolute Gasteiger partial charge is 0.472 e. The normalized spacial score (nSPS) is 22.0. The summed E-state index contributed by atoms with van der Waals surface area (Å²) in [6, 6.07) is 4.84. The van der Waals surface area contributed by atoms with Crippen LogP contribution in [-0.4, -0.2) is 46.6 Å². The minimum Gasteiger partial charge on any atom is -0.472 e. The quantitative estimate of drug-likeness (QED) is 0.797. The number of carbonyl (C=O) groups excluding carboxylic acids is 2. The van der Waals surface area contributed by atoms with Crippen molar-refractivity contribution in [2.24, 2.45) is 0 Å². The molecule has 0 aliphatic carbocycles. The van der Waals surface area contributed by atoms with Crippen molar-refractivity contribution in [3.63, 3.8) is 0 Å². The standard InChI is InChI=1S/C15H20N2O4/c1-15(2,3)21-14(19)17-9-12(8-11(17)10-18)20-13-6-4-5-7-16-13/h4-7,10-12H,8-9H2,1-3H3/t11-,12+/m1/s1. The van der Waals surface area contributed by atoms with Crippen molar-refractivity contribution in [2.75, 3.05) is 6.54 Å². The molecular weight excluding hydrogens is 272 g/mol. The van der Waals surface area contributed by atoms with E-state index in [1.807, 2.05) is 6.07 Å². The van der Waals surface area contributed by atoms with Crippen LogP contribution in [-0.2, 0) is 9.53 Å². The Hall–Kier alpha value is -2.11. The third-order valence-electron chi connectivity index (χ3n) is 3.02. The molecule has 0 radical (unpaired) electrons. The Morgan fingerprint density at radius 1 is 1.43 bits per heavy atom. The Balaban J connectivity index is 2.00. The lowest BCUT2D eigenvalue weighted by Gasteiger charge is -2.26. The molecule has 0 aromatic carbocycles. The van der Waals surface area contributed by atoms with Crippen LogP contribution in [0.5, 0.6) is 5.88 Å². The van der Waals surface area contributed by atoms with Crippen molar-refractivity contribution >= 4 is 12.4 Å². The van der Waals surface area contributed by atoms with Gasteiger partial charge in [0.1, 0.15) is 18.0 Å². The summed E-state index contributed by atoms with van der Waals surface area (Å²) < 4.78 is 11.0. The molecule has 6 nitrogen and oxygen atoms in total. The fourth-order valence-corrected chi connectivity index (χ4v) is 2.16. The summed E-state index contributed by atoms with van der Waals surface area (Å²) >= 11 is 0. The van der Waals surface area contributed by atoms with Crippen molar-refractivity contribution in [2.45, 2.75) is 44.9 Å². The average molecular weight is 292 g/mol. The molecule has 1 fully saturated rings. The Bertz CT molecular complexity index is 498. The number of amides is 1. The summed E-state index contributed by atoms with van der Waals surface area (Å²) in [6.07, 6.45) is 2.08. The van der Waals surface area contributed by atoms with E-state index < -0.39 is 17.7 Å². The molecule has 1 aliphatic heterocycles. The van der Waals surface area contributed by atoms with Gasteiger partial charge in [0, 0.05) is 18.7 Å². The van der Waals surface area contributed by atoms with Gasteiger partial charge >= 0.3 is 6.09 Å². The Kier molecular flexibility index (Phi) is 4.45. The third-order valence-corrected chi connectivity index (χ3v) is 3.02. The molecule has 0 N–H and O–H groups in total. The van der Waals surface area contributed by atoms with Gasteiger partial charge in [0.05, 0.1) is 12.6 Å². The molecule has 2 heterocycles. The van der Waals surface area contributed by atoms with Gasteiger partial charge in [-0.15, -0.1) is 0 Å². The van der Waals surface area contributed by atoms with Gasteiger partial charge in [-0.2, -0.15) is 0 Å². The molecule has 0 bridgehead atoms. The predicted octanol–water partition coefficient (Wildman–Crippen LogP) is 2.04. The molecule has 6 heteroatoms. The lowest BCUT2D eigenvalue weighted by Crippen LogP contribution is -2.41. The van der Waals surface area contributed by atoms with Crippen LogP contribution < -0.4 is 4.74 Å². The lowest BCUT2D eigenvalue weighted by atomic mass is 10.2. The number of carbonyl (C=O) groups is 2. The van der Waals surface area contributed by atoms with Crippen LogP contribution in [0.25, 0.3) is 0 Å². The average Bonchev–Trinajstić information content (AvgIpc) is 2.81. The van der Waals surface area contributed by atoms with Crippen molar-refractivity contribution in [3.8, 4) is 5.88 Å². The Labute approximate surface area is 124 Å². The van der Waals surface area contributed by atoms with Gasteiger partial charge in [-0.05, 0) is 26.8 Å². The Morgan fingerprint density at radius 2 is 2.19 bits per heavy atom. The molecule has 114 valence electrons. The molecule has 0 unspecified atom stereocenters. The molecule has 0 saturated carbocycles. The summed E-state index contributed by atoms with van der Waals surface area (Å²) in [5, 5.41) is 0. The number of hydrogen-bond donors (Lipinski definition) is 0. The highest BCUT2D eigenvalue weighted by atomic mass is 16.6. The molecule has 0 spiro atoms. The minimum atomic E-state index is -0.593. The zero-order chi connectivity index (χ0) is 15.5. The number of aromatic nitrogens is 1. The number of aldehydes is 1. The maximum atomic E-state index is 12.1. The zero-order valence-electron chi connectivity index (χ0n) is 12.5. The molecule has 21 heavy (non-hydrogen) atoms. The van der Waals surface area contributed by atoms with E-state index >= 15 is 0 Å². The van der Waals surface area contributed by atoms with Crippen molar-refractivity contribution < 1.29 is 19.1 Å². The maximum absolute atomic E-state index is 12.1. The van der Waals surface area contributed by atoms with Crippen LogP contribution in [0.3, 0.4) is 0 Å². The predicted molar refractivity (Wildman–Crippen MR) is 76.1 cm³/mol. The fraction of sp³-hybridized carbons (Fsp3) is 0.533. The molecule has 1 aliphatic rings. The monoisotopic (exact) mass is 292 g/mol. The lowest BCUT2D eigenvalue weighted by molar-refractivity contribution is -0.111. The van der Waals surface area contributed by atoms with Gasteiger partial charge in [-0.25, -0.2) is 9.78 Å². The smallest absolute Gasteiger partial charge is 0.411 e. The number of likely N-dealkylation sites (tertiary alicyclic amines) is 1. The van der Waals surface area contributed by atoms with E-state index in [2.05, 4.69) is 4.98 Å². The van der Waals surface area contributed by atoms with E-state index in [-0.39, 0.29) is 6.10 Å². The van der Waals surface area contributed by atoms with Crippen LogP contribution in [0.4, 0.5) is 4.79 Å². The van der Waals surface area contributed by atoms with Gasteiger partial charge in [0.25, 0.3) is 0 Å². The van der Waals surface area contributed by atoms with Gasteiger partial charge < -0.3 is 14.3 Å². The van der Waals surface area contributed by atoms with Gasteiger partial charge in [0.15, 0.2) is 0 Å². The van der Waals surface area contributed by atoms with Crippen molar-refractivity contribution in [1.82, 2.24) is 9.88 Å². The van der Waals surface area contributed by atoms with E-state index in [0.29, 0.717) is 18.8 Å². The summed E-state index contributed by atoms with van der Waals surface area (Å²) in [4.78, 5) is 28.8. The first-order valence-electron chi connectivity index (χ1n) is 6.91. The summed E-state index contributed by atoms with van der Waals surface area (Å²) in [7, 11) is 0. The first-order chi connectivity index (χ1) is 9.89. The Morgan fingerprint density at radius 3 is 2.76 bits per heavy atom. The number of hydrogen-bond acceptors (Lipinski definition) is 5. The number of pyridine rings is 1. The van der Waals surface area contributed by atoms with E-state index in [9.17, 15) is 9.59 Å². The van der Waals surface area contributed by atoms with Gasteiger partial charge in [0.2, 0.25) is 5.88 Å². The summed E-state index contributed by atoms with van der Waals surface area (Å²) in [5.74, 6) is 0.484. The van der Waals surface area contributed by atoms with Crippen LogP contribution in [0.15, 0.2) is 24.4 Å². The van der Waals surface area contributed by atoms with Crippen LogP contribution in [0.2, 0.25) is 0 Å². The molecule has 1 aromatic heterocycles. The first kappa shape index (κ1) is 15.3. The van der Waals surface area contributed by atoms with Gasteiger partial charge in [-0.3, -0.25) is 4.90 Å². The van der Waals surface area contributed by atoms with E-state index in [1.54, 1.807) is 39.1 Å². The van der Waals surface area contributed by atoms with Gasteiger partial charge in [-0.1, -0.05) is 6.07 Å². The number of nitrogens with zero attached hydrogens (tertiary/aromatic N) is 2. The summed E-state index contributed by atoms with van der Waals surface area (Å²) in [6.45, 7) is 5.69. The molecule has 1 saturated heterocycles. The topological polar surface area (TPSA) is 68.7 Å². The zero-order valence-corrected chi connectivity index (χ0v) is 12.5. The van der Waals surface area contributed by atoms with Crippen LogP contribution in [0, 0.1) is 0 Å². The fourth-order valence-electron chi connectivity index (χ4n) is 2.16.